The van der Waals surface area contributed by atoms with Gasteiger partial charge in [-0.05, 0) is 31.5 Å². The molecular formula is C12H18ClFN2O. The first-order valence-electron chi connectivity index (χ1n) is 5.21. The molecule has 0 radical (unpaired) electrons. The van der Waals surface area contributed by atoms with E-state index >= 15 is 0 Å². The summed E-state index contributed by atoms with van der Waals surface area (Å²) in [6.07, 6.45) is 0. The van der Waals surface area contributed by atoms with Gasteiger partial charge in [-0.2, -0.15) is 0 Å². The van der Waals surface area contributed by atoms with E-state index in [1.54, 1.807) is 31.0 Å². The SMILES string of the molecule is CC(c1ccc(F)cc1)N(C)C(=O)[C@@H](C)N.Cl. The monoisotopic (exact) mass is 260 g/mol. The second-order valence-corrected chi connectivity index (χ2v) is 3.97. The second kappa shape index (κ2) is 6.57. The van der Waals surface area contributed by atoms with E-state index in [9.17, 15) is 9.18 Å². The minimum Gasteiger partial charge on any atom is -0.338 e. The molecule has 5 heteroatoms. The van der Waals surface area contributed by atoms with Crippen molar-refractivity contribution in [1.29, 1.82) is 0 Å². The third-order valence-corrected chi connectivity index (χ3v) is 2.67. The average molecular weight is 261 g/mol. The number of halogens is 2. The summed E-state index contributed by atoms with van der Waals surface area (Å²) >= 11 is 0. The molecule has 3 nitrogen and oxygen atoms in total. The van der Waals surface area contributed by atoms with E-state index < -0.39 is 6.04 Å². The molecule has 0 aliphatic heterocycles. The zero-order valence-corrected chi connectivity index (χ0v) is 11.0. The van der Waals surface area contributed by atoms with Crippen LogP contribution in [0.4, 0.5) is 4.39 Å². The highest BCUT2D eigenvalue weighted by Gasteiger charge is 2.19. The Morgan fingerprint density at radius 3 is 2.18 bits per heavy atom. The zero-order chi connectivity index (χ0) is 12.3. The van der Waals surface area contributed by atoms with Crippen molar-refractivity contribution in [3.63, 3.8) is 0 Å². The third-order valence-electron chi connectivity index (χ3n) is 2.67. The molecule has 1 rings (SSSR count). The Labute approximate surface area is 107 Å². The summed E-state index contributed by atoms with van der Waals surface area (Å²) in [6.45, 7) is 3.53. The van der Waals surface area contributed by atoms with Crippen molar-refractivity contribution >= 4 is 18.3 Å². The van der Waals surface area contributed by atoms with Gasteiger partial charge < -0.3 is 10.6 Å². The van der Waals surface area contributed by atoms with Crippen LogP contribution >= 0.6 is 12.4 Å². The number of amides is 1. The highest BCUT2D eigenvalue weighted by atomic mass is 35.5. The maximum absolute atomic E-state index is 12.7. The van der Waals surface area contributed by atoms with Crippen LogP contribution in [-0.2, 0) is 4.79 Å². The van der Waals surface area contributed by atoms with Crippen LogP contribution in [0.3, 0.4) is 0 Å². The fourth-order valence-electron chi connectivity index (χ4n) is 1.48. The molecule has 0 aliphatic rings. The van der Waals surface area contributed by atoms with Gasteiger partial charge in [0.05, 0.1) is 12.1 Å². The van der Waals surface area contributed by atoms with Crippen LogP contribution in [0.1, 0.15) is 25.5 Å². The number of hydrogen-bond acceptors (Lipinski definition) is 2. The van der Waals surface area contributed by atoms with Crippen LogP contribution in [0.25, 0.3) is 0 Å². The van der Waals surface area contributed by atoms with Crippen molar-refractivity contribution in [2.24, 2.45) is 5.73 Å². The lowest BCUT2D eigenvalue weighted by atomic mass is 10.1. The van der Waals surface area contributed by atoms with E-state index in [0.717, 1.165) is 5.56 Å². The number of carbonyl (C=O) groups excluding carboxylic acids is 1. The minimum absolute atomic E-state index is 0. The number of rotatable bonds is 3. The van der Waals surface area contributed by atoms with E-state index in [-0.39, 0.29) is 30.2 Å². The fourth-order valence-corrected chi connectivity index (χ4v) is 1.48. The van der Waals surface area contributed by atoms with Crippen molar-refractivity contribution in [3.05, 3.63) is 35.6 Å². The third kappa shape index (κ3) is 3.98. The van der Waals surface area contributed by atoms with Crippen LogP contribution < -0.4 is 5.73 Å². The molecule has 1 amide bonds. The number of nitrogens with two attached hydrogens (primary N) is 1. The standard InChI is InChI=1S/C12H17FN2O.ClH/c1-8(14)12(16)15(3)9(2)10-4-6-11(13)7-5-10;/h4-9H,14H2,1-3H3;1H/t8-,9?;/m1./s1. The first kappa shape index (κ1) is 15.9. The van der Waals surface area contributed by atoms with Gasteiger partial charge in [0.25, 0.3) is 0 Å². The first-order chi connectivity index (χ1) is 7.43. The van der Waals surface area contributed by atoms with Crippen molar-refractivity contribution in [3.8, 4) is 0 Å². The predicted molar refractivity (Wildman–Crippen MR) is 68.5 cm³/mol. The number of benzene rings is 1. The molecule has 2 atom stereocenters. The van der Waals surface area contributed by atoms with Crippen LogP contribution in [0.5, 0.6) is 0 Å². The topological polar surface area (TPSA) is 46.3 Å². The van der Waals surface area contributed by atoms with Crippen LogP contribution in [0.2, 0.25) is 0 Å². The summed E-state index contributed by atoms with van der Waals surface area (Å²) < 4.78 is 12.7. The summed E-state index contributed by atoms with van der Waals surface area (Å²) in [5, 5.41) is 0. The Bertz CT molecular complexity index is 367. The lowest BCUT2D eigenvalue weighted by Gasteiger charge is -2.26. The maximum Gasteiger partial charge on any atom is 0.239 e. The number of likely N-dealkylation sites (N-methyl/N-ethyl adjacent to an activating group) is 1. The molecule has 0 heterocycles. The molecule has 0 saturated carbocycles. The molecule has 17 heavy (non-hydrogen) atoms. The molecule has 1 unspecified atom stereocenters. The molecule has 0 bridgehead atoms. The van der Waals surface area contributed by atoms with Crippen molar-refractivity contribution in [2.75, 3.05) is 7.05 Å². The van der Waals surface area contributed by atoms with Gasteiger partial charge in [0.1, 0.15) is 5.82 Å². The molecule has 2 N–H and O–H groups in total. The number of carbonyl (C=O) groups is 1. The quantitative estimate of drug-likeness (QED) is 0.905. The van der Waals surface area contributed by atoms with Gasteiger partial charge in [-0.15, -0.1) is 12.4 Å². The normalized spacial score (nSPS) is 13.5. The Hall–Kier alpha value is -1.13. The van der Waals surface area contributed by atoms with E-state index in [2.05, 4.69) is 0 Å². The van der Waals surface area contributed by atoms with Gasteiger partial charge in [0.2, 0.25) is 5.91 Å². The van der Waals surface area contributed by atoms with E-state index in [1.807, 2.05) is 6.92 Å². The molecule has 0 aromatic heterocycles. The second-order valence-electron chi connectivity index (χ2n) is 3.97. The fraction of sp³-hybridized carbons (Fsp3) is 0.417. The molecule has 0 aliphatic carbocycles. The molecule has 0 fully saturated rings. The molecular weight excluding hydrogens is 243 g/mol. The maximum atomic E-state index is 12.7. The lowest BCUT2D eigenvalue weighted by molar-refractivity contribution is -0.132. The van der Waals surface area contributed by atoms with Crippen molar-refractivity contribution in [1.82, 2.24) is 4.90 Å². The predicted octanol–water partition coefficient (Wildman–Crippen LogP) is 2.11. The Balaban J connectivity index is 0.00000256. The van der Waals surface area contributed by atoms with Gasteiger partial charge in [-0.1, -0.05) is 12.1 Å². The van der Waals surface area contributed by atoms with Gasteiger partial charge in [0, 0.05) is 7.05 Å². The van der Waals surface area contributed by atoms with Crippen molar-refractivity contribution in [2.45, 2.75) is 25.9 Å². The van der Waals surface area contributed by atoms with E-state index in [1.165, 1.54) is 12.1 Å². The summed E-state index contributed by atoms with van der Waals surface area (Å²) in [5.41, 5.74) is 6.41. The molecule has 0 saturated heterocycles. The average Bonchev–Trinajstić information content (AvgIpc) is 2.27. The summed E-state index contributed by atoms with van der Waals surface area (Å²) in [4.78, 5) is 13.2. The van der Waals surface area contributed by atoms with Gasteiger partial charge in [-0.3, -0.25) is 4.79 Å². The van der Waals surface area contributed by atoms with Gasteiger partial charge in [0.15, 0.2) is 0 Å². The zero-order valence-electron chi connectivity index (χ0n) is 10.2. The largest absolute Gasteiger partial charge is 0.338 e. The van der Waals surface area contributed by atoms with Crippen LogP contribution in [0, 0.1) is 5.82 Å². The summed E-state index contributed by atoms with van der Waals surface area (Å²) in [6, 6.07) is 5.48. The van der Waals surface area contributed by atoms with E-state index in [0.29, 0.717) is 0 Å². The Morgan fingerprint density at radius 2 is 1.76 bits per heavy atom. The summed E-state index contributed by atoms with van der Waals surface area (Å²) in [5.74, 6) is -0.408. The van der Waals surface area contributed by atoms with Crippen LogP contribution in [0.15, 0.2) is 24.3 Å². The highest BCUT2D eigenvalue weighted by Crippen LogP contribution is 2.19. The van der Waals surface area contributed by atoms with E-state index in [4.69, 9.17) is 5.73 Å². The number of nitrogens with zero attached hydrogens (tertiary/aromatic N) is 1. The molecule has 96 valence electrons. The minimum atomic E-state index is -0.520. The Morgan fingerprint density at radius 1 is 1.29 bits per heavy atom. The molecule has 1 aromatic rings. The molecule has 0 spiro atoms. The highest BCUT2D eigenvalue weighted by molar-refractivity contribution is 5.85. The number of hydrogen-bond donors (Lipinski definition) is 1. The first-order valence-corrected chi connectivity index (χ1v) is 5.21. The Kier molecular flexibility index (Phi) is 6.13. The molecule has 1 aromatic carbocycles. The van der Waals surface area contributed by atoms with Gasteiger partial charge in [-0.25, -0.2) is 4.39 Å². The van der Waals surface area contributed by atoms with Crippen LogP contribution in [-0.4, -0.2) is 23.9 Å². The smallest absolute Gasteiger partial charge is 0.239 e. The lowest BCUT2D eigenvalue weighted by Crippen LogP contribution is -2.40. The summed E-state index contributed by atoms with van der Waals surface area (Å²) in [7, 11) is 1.69. The van der Waals surface area contributed by atoms with Gasteiger partial charge >= 0.3 is 0 Å². The van der Waals surface area contributed by atoms with Crippen molar-refractivity contribution < 1.29 is 9.18 Å².